The molecule has 4 rings (SSSR count). The van der Waals surface area contributed by atoms with Gasteiger partial charge in [-0.25, -0.2) is 13.1 Å². The highest BCUT2D eigenvalue weighted by atomic mass is 35.5. The zero-order chi connectivity index (χ0) is 24.7. The van der Waals surface area contributed by atoms with E-state index in [9.17, 15) is 8.42 Å². The summed E-state index contributed by atoms with van der Waals surface area (Å²) in [5.41, 5.74) is 3.08. The molecule has 7 nitrogen and oxygen atoms in total. The molecule has 0 amide bonds. The van der Waals surface area contributed by atoms with Gasteiger partial charge in [-0.3, -0.25) is 4.98 Å². The molecule has 0 saturated carbocycles. The third-order valence-electron chi connectivity index (χ3n) is 5.57. The number of fused-ring (bicyclic) bond motifs is 1. The van der Waals surface area contributed by atoms with Gasteiger partial charge in [-0.2, -0.15) is 5.26 Å². The molecule has 0 bridgehead atoms. The van der Waals surface area contributed by atoms with E-state index in [-0.39, 0.29) is 4.90 Å². The number of aromatic nitrogens is 2. The van der Waals surface area contributed by atoms with Crippen molar-refractivity contribution < 1.29 is 13.2 Å². The van der Waals surface area contributed by atoms with Crippen molar-refractivity contribution >= 4 is 32.5 Å². The first-order valence-corrected chi connectivity index (χ1v) is 13.1. The Morgan fingerprint density at radius 1 is 1.14 bits per heavy atom. The summed E-state index contributed by atoms with van der Waals surface area (Å²) in [6.07, 6.45) is 7.23. The molecule has 9 heteroatoms. The fourth-order valence-electron chi connectivity index (χ4n) is 3.83. The van der Waals surface area contributed by atoms with Gasteiger partial charge in [0.1, 0.15) is 12.4 Å². The highest BCUT2D eigenvalue weighted by Crippen LogP contribution is 2.28. The van der Waals surface area contributed by atoms with Crippen LogP contribution in [0.1, 0.15) is 24.0 Å². The quantitative estimate of drug-likeness (QED) is 0.284. The first-order valence-electron chi connectivity index (χ1n) is 11.2. The van der Waals surface area contributed by atoms with Crippen LogP contribution in [0.5, 0.6) is 5.75 Å². The fraction of sp³-hybridized carbons (Fsp3) is 0.231. The van der Waals surface area contributed by atoms with E-state index >= 15 is 0 Å². The number of nitrogens with zero attached hydrogens (tertiary/aromatic N) is 3. The van der Waals surface area contributed by atoms with E-state index in [2.05, 4.69) is 20.3 Å². The van der Waals surface area contributed by atoms with Crippen molar-refractivity contribution in [1.29, 1.82) is 5.26 Å². The predicted octanol–water partition coefficient (Wildman–Crippen LogP) is 5.09. The Bertz CT molecular complexity index is 1430. The van der Waals surface area contributed by atoms with E-state index in [4.69, 9.17) is 21.6 Å². The number of sulfonamides is 1. The second-order valence-electron chi connectivity index (χ2n) is 8.04. The van der Waals surface area contributed by atoms with E-state index in [1.54, 1.807) is 24.5 Å². The molecular formula is C26H25ClN4O3S. The van der Waals surface area contributed by atoms with Crippen molar-refractivity contribution in [2.75, 3.05) is 6.54 Å². The number of pyridine rings is 1. The van der Waals surface area contributed by atoms with Crippen molar-refractivity contribution in [3.05, 3.63) is 89.3 Å². The standard InChI is InChI=1S/C26H25ClN4O3S/c27-22-6-9-24(10-7-22)35(32,33)30-14-2-5-21-18-31(15-3-12-28)26-11-8-23(16-25(21)26)34-19-20-4-1-13-29-17-20/h1,4,6-11,13,16-18,30H,2-3,5,14-15,19H2. The van der Waals surface area contributed by atoms with Crippen molar-refractivity contribution in [3.8, 4) is 11.8 Å². The van der Waals surface area contributed by atoms with E-state index < -0.39 is 10.0 Å². The Balaban J connectivity index is 1.46. The molecule has 2 aromatic carbocycles. The van der Waals surface area contributed by atoms with E-state index in [0.29, 0.717) is 44.0 Å². The summed E-state index contributed by atoms with van der Waals surface area (Å²) in [5.74, 6) is 0.740. The molecule has 0 fully saturated rings. The van der Waals surface area contributed by atoms with Crippen LogP contribution in [0.15, 0.2) is 78.1 Å². The Kier molecular flexibility index (Phi) is 8.03. The van der Waals surface area contributed by atoms with Crippen LogP contribution in [0.2, 0.25) is 5.02 Å². The number of aryl methyl sites for hydroxylation is 2. The molecule has 0 aliphatic rings. The van der Waals surface area contributed by atoms with E-state index in [1.807, 2.05) is 36.5 Å². The lowest BCUT2D eigenvalue weighted by atomic mass is 10.1. The van der Waals surface area contributed by atoms with Gasteiger partial charge in [-0.05, 0) is 66.9 Å². The number of rotatable bonds is 11. The molecule has 0 aliphatic heterocycles. The molecule has 0 atom stereocenters. The highest BCUT2D eigenvalue weighted by molar-refractivity contribution is 7.89. The molecule has 0 unspecified atom stereocenters. The number of ether oxygens (including phenoxy) is 1. The zero-order valence-corrected chi connectivity index (χ0v) is 20.6. The second kappa shape index (κ2) is 11.4. The van der Waals surface area contributed by atoms with Crippen LogP contribution >= 0.6 is 11.6 Å². The summed E-state index contributed by atoms with van der Waals surface area (Å²) in [7, 11) is -3.60. The number of benzene rings is 2. The molecule has 1 N–H and O–H groups in total. The minimum Gasteiger partial charge on any atom is -0.489 e. The van der Waals surface area contributed by atoms with Gasteiger partial charge in [-0.1, -0.05) is 17.7 Å². The smallest absolute Gasteiger partial charge is 0.240 e. The molecule has 0 radical (unpaired) electrons. The monoisotopic (exact) mass is 508 g/mol. The maximum Gasteiger partial charge on any atom is 0.240 e. The molecule has 0 aliphatic carbocycles. The average Bonchev–Trinajstić information content (AvgIpc) is 3.21. The average molecular weight is 509 g/mol. The zero-order valence-electron chi connectivity index (χ0n) is 19.0. The van der Waals surface area contributed by atoms with Gasteiger partial charge in [0.05, 0.1) is 17.4 Å². The summed E-state index contributed by atoms with van der Waals surface area (Å²) in [4.78, 5) is 4.30. The van der Waals surface area contributed by atoms with Crippen LogP contribution in [0.25, 0.3) is 10.9 Å². The third kappa shape index (κ3) is 6.40. The second-order valence-corrected chi connectivity index (χ2v) is 10.2. The van der Waals surface area contributed by atoms with Crippen LogP contribution < -0.4 is 9.46 Å². The van der Waals surface area contributed by atoms with Crippen molar-refractivity contribution in [1.82, 2.24) is 14.3 Å². The lowest BCUT2D eigenvalue weighted by Gasteiger charge is -2.08. The van der Waals surface area contributed by atoms with Gasteiger partial charge in [0.15, 0.2) is 0 Å². The Labute approximate surface area is 210 Å². The topological polar surface area (TPSA) is 97.0 Å². The third-order valence-corrected chi connectivity index (χ3v) is 7.30. The van der Waals surface area contributed by atoms with Crippen molar-refractivity contribution in [2.24, 2.45) is 0 Å². The van der Waals surface area contributed by atoms with Gasteiger partial charge in [0.2, 0.25) is 10.0 Å². The van der Waals surface area contributed by atoms with Crippen LogP contribution in [0.3, 0.4) is 0 Å². The Hall–Kier alpha value is -3.38. The summed E-state index contributed by atoms with van der Waals surface area (Å²) >= 11 is 5.85. The maximum absolute atomic E-state index is 12.5. The number of halogens is 1. The minimum atomic E-state index is -3.60. The molecule has 2 heterocycles. The van der Waals surface area contributed by atoms with Crippen molar-refractivity contribution in [2.45, 2.75) is 37.3 Å². The highest BCUT2D eigenvalue weighted by Gasteiger charge is 2.14. The summed E-state index contributed by atoms with van der Waals surface area (Å²) in [6.45, 7) is 1.30. The van der Waals surface area contributed by atoms with Gasteiger partial charge < -0.3 is 9.30 Å². The van der Waals surface area contributed by atoms with Crippen LogP contribution in [0, 0.1) is 11.3 Å². The van der Waals surface area contributed by atoms with E-state index in [1.165, 1.54) is 12.1 Å². The molecule has 4 aromatic rings. The number of nitriles is 1. The molecule has 180 valence electrons. The van der Waals surface area contributed by atoms with E-state index in [0.717, 1.165) is 27.8 Å². The lowest BCUT2D eigenvalue weighted by Crippen LogP contribution is -2.25. The number of hydrogen-bond acceptors (Lipinski definition) is 5. The van der Waals surface area contributed by atoms with Gasteiger partial charge >= 0.3 is 0 Å². The van der Waals surface area contributed by atoms with Crippen LogP contribution in [-0.4, -0.2) is 24.5 Å². The van der Waals surface area contributed by atoms with Crippen LogP contribution in [-0.2, 0) is 29.6 Å². The number of hydrogen-bond donors (Lipinski definition) is 1. The molecule has 0 saturated heterocycles. The molecule has 0 spiro atoms. The summed E-state index contributed by atoms with van der Waals surface area (Å²) in [5, 5.41) is 10.5. The minimum absolute atomic E-state index is 0.186. The molecule has 35 heavy (non-hydrogen) atoms. The van der Waals surface area contributed by atoms with Crippen molar-refractivity contribution in [3.63, 3.8) is 0 Å². The summed E-state index contributed by atoms with van der Waals surface area (Å²) < 4.78 is 35.7. The molecular weight excluding hydrogens is 484 g/mol. The number of nitrogens with one attached hydrogen (secondary N) is 1. The molecule has 2 aromatic heterocycles. The predicted molar refractivity (Wildman–Crippen MR) is 136 cm³/mol. The van der Waals surface area contributed by atoms with Gasteiger partial charge in [0, 0.05) is 53.2 Å². The first-order chi connectivity index (χ1) is 17.0. The fourth-order valence-corrected chi connectivity index (χ4v) is 5.03. The van der Waals surface area contributed by atoms with Gasteiger partial charge in [-0.15, -0.1) is 0 Å². The van der Waals surface area contributed by atoms with Gasteiger partial charge in [0.25, 0.3) is 0 Å². The lowest BCUT2D eigenvalue weighted by molar-refractivity contribution is 0.306. The normalized spacial score (nSPS) is 11.4. The largest absolute Gasteiger partial charge is 0.489 e. The Morgan fingerprint density at radius 2 is 1.97 bits per heavy atom. The first kappa shape index (κ1) is 24.7. The summed E-state index contributed by atoms with van der Waals surface area (Å²) in [6, 6.07) is 18.0. The maximum atomic E-state index is 12.5. The Morgan fingerprint density at radius 3 is 2.71 bits per heavy atom. The SMILES string of the molecule is N#CCCn1cc(CCCNS(=O)(=O)c2ccc(Cl)cc2)c2cc(OCc3cccnc3)ccc21. The van der Waals surface area contributed by atoms with Crippen LogP contribution in [0.4, 0.5) is 0 Å².